The average molecular weight is 402 g/mol. The molecule has 10 heteroatoms. The summed E-state index contributed by atoms with van der Waals surface area (Å²) in [4.78, 5) is 17.3. The van der Waals surface area contributed by atoms with E-state index in [1.165, 1.54) is 14.2 Å². The number of hydrazine groups is 1. The molecule has 3 rings (SSSR count). The lowest BCUT2D eigenvalue weighted by Crippen LogP contribution is -2.38. The number of benzene rings is 1. The zero-order chi connectivity index (χ0) is 17.4. The van der Waals surface area contributed by atoms with Gasteiger partial charge >= 0.3 is 0 Å². The zero-order valence-corrected chi connectivity index (χ0v) is 14.8. The Morgan fingerprint density at radius 3 is 2.58 bits per heavy atom. The van der Waals surface area contributed by atoms with Crippen molar-refractivity contribution in [1.29, 1.82) is 0 Å². The van der Waals surface area contributed by atoms with Gasteiger partial charge in [0.1, 0.15) is 0 Å². The van der Waals surface area contributed by atoms with E-state index in [2.05, 4.69) is 26.5 Å². The highest BCUT2D eigenvalue weighted by atomic mass is 79.9. The van der Waals surface area contributed by atoms with Crippen molar-refractivity contribution in [2.45, 2.75) is 13.0 Å². The minimum Gasteiger partial charge on any atom is -0.492 e. The molecule has 1 aromatic rings. The summed E-state index contributed by atoms with van der Waals surface area (Å²) in [6.07, 6.45) is -0.593. The number of nitrogens with zero attached hydrogens (tertiary/aromatic N) is 1. The van der Waals surface area contributed by atoms with Gasteiger partial charge in [0.15, 0.2) is 23.3 Å². The summed E-state index contributed by atoms with van der Waals surface area (Å²) in [5, 5.41) is 3.85. The van der Waals surface area contributed by atoms with E-state index in [1.54, 1.807) is 6.92 Å². The van der Waals surface area contributed by atoms with Gasteiger partial charge < -0.3 is 23.8 Å². The molecule has 0 spiro atoms. The van der Waals surface area contributed by atoms with Gasteiger partial charge in [-0.3, -0.25) is 10.2 Å². The Morgan fingerprint density at radius 2 is 1.96 bits per heavy atom. The molecular weight excluding hydrogens is 386 g/mol. The van der Waals surface area contributed by atoms with Crippen molar-refractivity contribution in [2.75, 3.05) is 21.0 Å². The number of fused-ring (bicyclic) bond motifs is 1. The molecule has 0 aliphatic carbocycles. The van der Waals surface area contributed by atoms with Crippen molar-refractivity contribution in [3.8, 4) is 23.0 Å². The fourth-order valence-corrected chi connectivity index (χ4v) is 3.46. The second-order valence-corrected chi connectivity index (χ2v) is 5.92. The molecular formula is C14H16BrN3O6. The monoisotopic (exact) mass is 401 g/mol. The summed E-state index contributed by atoms with van der Waals surface area (Å²) in [6, 6.07) is 0. The molecule has 2 heterocycles. The minimum absolute atomic E-state index is 0.0648. The summed E-state index contributed by atoms with van der Waals surface area (Å²) in [7, 11) is 3.00. The van der Waals surface area contributed by atoms with Crippen LogP contribution in [0.1, 0.15) is 18.6 Å². The number of rotatable bonds is 4. The van der Waals surface area contributed by atoms with E-state index in [-0.39, 0.29) is 18.4 Å². The maximum absolute atomic E-state index is 11.8. The highest BCUT2D eigenvalue weighted by Gasteiger charge is 2.42. The van der Waals surface area contributed by atoms with Crippen LogP contribution in [-0.4, -0.2) is 32.6 Å². The van der Waals surface area contributed by atoms with Crippen LogP contribution < -0.4 is 30.2 Å². The number of hydrogen-bond donors (Lipinski definition) is 2. The van der Waals surface area contributed by atoms with Crippen LogP contribution in [0, 0.1) is 5.92 Å². The first-order valence-electron chi connectivity index (χ1n) is 7.02. The molecule has 1 amide bonds. The molecule has 0 unspecified atom stereocenters. The summed E-state index contributed by atoms with van der Waals surface area (Å²) >= 11 is 3.50. The van der Waals surface area contributed by atoms with Gasteiger partial charge in [-0.2, -0.15) is 0 Å². The third kappa shape index (κ3) is 2.33. The molecule has 0 fully saturated rings. The molecule has 130 valence electrons. The topological polar surface area (TPSA) is 114 Å². The van der Waals surface area contributed by atoms with Crippen molar-refractivity contribution < 1.29 is 28.6 Å². The van der Waals surface area contributed by atoms with E-state index in [9.17, 15) is 4.79 Å². The molecule has 0 saturated heterocycles. The van der Waals surface area contributed by atoms with E-state index in [4.69, 9.17) is 29.6 Å². The maximum atomic E-state index is 11.8. The molecule has 0 aromatic heterocycles. The first-order valence-corrected chi connectivity index (χ1v) is 7.82. The Labute approximate surface area is 146 Å². The lowest BCUT2D eigenvalue weighted by Gasteiger charge is -2.22. The fraction of sp³-hybridized carbons (Fsp3) is 0.429. The van der Waals surface area contributed by atoms with Crippen molar-refractivity contribution in [2.24, 2.45) is 16.9 Å². The number of carbonyl (C=O) groups is 1. The van der Waals surface area contributed by atoms with Crippen molar-refractivity contribution in [1.82, 2.24) is 5.43 Å². The summed E-state index contributed by atoms with van der Waals surface area (Å²) in [5.41, 5.74) is 2.85. The van der Waals surface area contributed by atoms with Crippen molar-refractivity contribution in [3.05, 3.63) is 10.0 Å². The molecule has 1 aromatic carbocycles. The van der Waals surface area contributed by atoms with Gasteiger partial charge in [-0.05, 0) is 15.9 Å². The van der Waals surface area contributed by atoms with Crippen LogP contribution in [-0.2, 0) is 9.63 Å². The number of methoxy groups -OCH3 is 2. The Balaban J connectivity index is 2.11. The lowest BCUT2D eigenvalue weighted by molar-refractivity contribution is -0.115. The number of hydrogen-bond acceptors (Lipinski definition) is 8. The van der Waals surface area contributed by atoms with E-state index >= 15 is 0 Å². The molecule has 0 bridgehead atoms. The molecule has 2 aliphatic heterocycles. The summed E-state index contributed by atoms with van der Waals surface area (Å²) in [5.74, 6) is 6.02. The summed E-state index contributed by atoms with van der Waals surface area (Å²) < 4.78 is 22.5. The quantitative estimate of drug-likeness (QED) is 0.443. The van der Waals surface area contributed by atoms with Gasteiger partial charge in [0.05, 0.1) is 30.2 Å². The number of oxime groups is 1. The maximum Gasteiger partial charge on any atom is 0.283 e. The predicted octanol–water partition coefficient (Wildman–Crippen LogP) is 1.25. The minimum atomic E-state index is -0.593. The number of nitrogens with one attached hydrogen (secondary N) is 1. The average Bonchev–Trinajstić information content (AvgIpc) is 3.21. The van der Waals surface area contributed by atoms with Gasteiger partial charge in [-0.1, -0.05) is 12.1 Å². The number of amides is 1. The van der Waals surface area contributed by atoms with Crippen LogP contribution in [0.3, 0.4) is 0 Å². The van der Waals surface area contributed by atoms with Gasteiger partial charge in [0.25, 0.3) is 5.91 Å². The molecule has 0 radical (unpaired) electrons. The van der Waals surface area contributed by atoms with Gasteiger partial charge in [-0.25, -0.2) is 5.84 Å². The second-order valence-electron chi connectivity index (χ2n) is 5.12. The normalized spacial score (nSPS) is 21.1. The SMILES string of the molecule is COc1c2c(c(Br)c([C@H]3ON=C(C(=O)NN)[C@H]3C)c1OC)OCO2. The van der Waals surface area contributed by atoms with Crippen LogP contribution in [0.5, 0.6) is 23.0 Å². The first kappa shape index (κ1) is 16.7. The molecule has 24 heavy (non-hydrogen) atoms. The molecule has 0 saturated carbocycles. The van der Waals surface area contributed by atoms with E-state index in [1.807, 2.05) is 0 Å². The lowest BCUT2D eigenvalue weighted by atomic mass is 9.92. The molecule has 3 N–H and O–H groups in total. The predicted molar refractivity (Wildman–Crippen MR) is 86.1 cm³/mol. The van der Waals surface area contributed by atoms with Crippen molar-refractivity contribution >= 4 is 27.5 Å². The van der Waals surface area contributed by atoms with Crippen molar-refractivity contribution in [3.63, 3.8) is 0 Å². The standard InChI is InChI=1S/C14H16BrN3O6/c1-5-8(14(19)17-16)18-24-9(5)6-7(15)11-13(23-4-22-11)12(21-3)10(6)20-2/h5,9H,4,16H2,1-3H3,(H,17,19)/t5-,9+/m1/s1. The zero-order valence-electron chi connectivity index (χ0n) is 13.2. The van der Waals surface area contributed by atoms with E-state index in [0.717, 1.165) is 0 Å². The Bertz CT molecular complexity index is 723. The Morgan fingerprint density at radius 1 is 1.29 bits per heavy atom. The summed E-state index contributed by atoms with van der Waals surface area (Å²) in [6.45, 7) is 1.87. The Hall–Kier alpha value is -2.20. The van der Waals surface area contributed by atoms with Crippen LogP contribution in [0.25, 0.3) is 0 Å². The largest absolute Gasteiger partial charge is 0.492 e. The molecule has 2 atom stereocenters. The number of carbonyl (C=O) groups excluding carboxylic acids is 1. The third-order valence-corrected chi connectivity index (χ3v) is 4.70. The van der Waals surface area contributed by atoms with Gasteiger partial charge in [0, 0.05) is 0 Å². The third-order valence-electron chi connectivity index (χ3n) is 3.91. The van der Waals surface area contributed by atoms with Crippen LogP contribution >= 0.6 is 15.9 Å². The van der Waals surface area contributed by atoms with Gasteiger partial charge in [-0.15, -0.1) is 0 Å². The van der Waals surface area contributed by atoms with Gasteiger partial charge in [0.2, 0.25) is 18.3 Å². The second kappa shape index (κ2) is 6.36. The highest BCUT2D eigenvalue weighted by Crippen LogP contribution is 2.57. The Kier molecular flexibility index (Phi) is 4.41. The fourth-order valence-electron chi connectivity index (χ4n) is 2.76. The number of halogens is 1. The van der Waals surface area contributed by atoms with E-state index in [0.29, 0.717) is 33.0 Å². The molecule has 2 aliphatic rings. The molecule has 9 nitrogen and oxygen atoms in total. The van der Waals surface area contributed by atoms with Crippen LogP contribution in [0.15, 0.2) is 9.63 Å². The van der Waals surface area contributed by atoms with Crippen LogP contribution in [0.4, 0.5) is 0 Å². The van der Waals surface area contributed by atoms with E-state index < -0.39 is 12.0 Å². The van der Waals surface area contributed by atoms with Crippen LogP contribution in [0.2, 0.25) is 0 Å². The number of nitrogens with two attached hydrogens (primary N) is 1. The first-order chi connectivity index (χ1) is 11.5. The smallest absolute Gasteiger partial charge is 0.283 e. The highest BCUT2D eigenvalue weighted by molar-refractivity contribution is 9.10. The number of ether oxygens (including phenoxy) is 4.